The van der Waals surface area contributed by atoms with Crippen LogP contribution in [0.4, 0.5) is 0 Å². The zero-order valence-corrected chi connectivity index (χ0v) is 13.2. The standard InChI is InChI=1S/C16H13N7O2/c1-25-16-18-3-2-11(22-16)13-4-9-6-19-14(5-12(9)21-13)23-8-10(7-20-23)15(17)24/h2-8,21H,1H3,(H2,17,24). The molecule has 4 aromatic rings. The van der Waals surface area contributed by atoms with Gasteiger partial charge in [0.05, 0.1) is 35.8 Å². The molecule has 0 aliphatic rings. The fourth-order valence-electron chi connectivity index (χ4n) is 2.44. The summed E-state index contributed by atoms with van der Waals surface area (Å²) in [5.74, 6) is 0.0286. The summed E-state index contributed by atoms with van der Waals surface area (Å²) in [7, 11) is 1.52. The van der Waals surface area contributed by atoms with Gasteiger partial charge in [-0.2, -0.15) is 10.1 Å². The quantitative estimate of drug-likeness (QED) is 0.579. The van der Waals surface area contributed by atoms with Crippen LogP contribution in [0.1, 0.15) is 10.4 Å². The molecule has 0 aliphatic heterocycles. The molecule has 0 atom stereocenters. The Kier molecular flexibility index (Phi) is 3.38. The van der Waals surface area contributed by atoms with Crippen molar-refractivity contribution in [3.63, 3.8) is 0 Å². The Hall–Kier alpha value is -3.75. The number of ether oxygens (including phenoxy) is 1. The molecule has 0 unspecified atom stereocenters. The molecule has 0 fully saturated rings. The molecule has 0 radical (unpaired) electrons. The number of hydrogen-bond donors (Lipinski definition) is 2. The van der Waals surface area contributed by atoms with Gasteiger partial charge in [0.1, 0.15) is 0 Å². The van der Waals surface area contributed by atoms with E-state index in [1.54, 1.807) is 18.5 Å². The van der Waals surface area contributed by atoms with Gasteiger partial charge in [0.2, 0.25) is 0 Å². The molecule has 0 aromatic carbocycles. The number of aromatic amines is 1. The van der Waals surface area contributed by atoms with Crippen LogP contribution in [0.2, 0.25) is 0 Å². The number of hydrogen-bond acceptors (Lipinski definition) is 6. The van der Waals surface area contributed by atoms with Crippen molar-refractivity contribution in [3.05, 3.63) is 48.5 Å². The highest BCUT2D eigenvalue weighted by molar-refractivity contribution is 5.92. The van der Waals surface area contributed by atoms with Gasteiger partial charge in [-0.05, 0) is 12.1 Å². The third-order valence-corrected chi connectivity index (χ3v) is 3.68. The second-order valence-electron chi connectivity index (χ2n) is 5.28. The number of aromatic nitrogens is 6. The number of carbonyl (C=O) groups excluding carboxylic acids is 1. The summed E-state index contributed by atoms with van der Waals surface area (Å²) in [6.45, 7) is 0. The van der Waals surface area contributed by atoms with Gasteiger partial charge in [0, 0.05) is 30.0 Å². The van der Waals surface area contributed by atoms with Crippen LogP contribution in [-0.4, -0.2) is 42.7 Å². The first kappa shape index (κ1) is 14.8. The summed E-state index contributed by atoms with van der Waals surface area (Å²) >= 11 is 0. The molecule has 4 aromatic heterocycles. The maximum atomic E-state index is 11.2. The molecule has 0 spiro atoms. The Bertz CT molecular complexity index is 1080. The summed E-state index contributed by atoms with van der Waals surface area (Å²) in [5, 5.41) is 5.02. The highest BCUT2D eigenvalue weighted by Gasteiger charge is 2.10. The number of methoxy groups -OCH3 is 1. The van der Waals surface area contributed by atoms with Crippen molar-refractivity contribution in [2.75, 3.05) is 7.11 Å². The number of amides is 1. The molecule has 3 N–H and O–H groups in total. The van der Waals surface area contributed by atoms with Gasteiger partial charge in [0.25, 0.3) is 5.91 Å². The van der Waals surface area contributed by atoms with Crippen LogP contribution in [0, 0.1) is 0 Å². The minimum absolute atomic E-state index is 0.297. The second-order valence-corrected chi connectivity index (χ2v) is 5.28. The van der Waals surface area contributed by atoms with Crippen molar-refractivity contribution in [2.45, 2.75) is 0 Å². The molecule has 4 heterocycles. The third-order valence-electron chi connectivity index (χ3n) is 3.68. The molecule has 25 heavy (non-hydrogen) atoms. The molecule has 9 nitrogen and oxygen atoms in total. The number of H-pyrrole nitrogens is 1. The first-order valence-electron chi connectivity index (χ1n) is 7.35. The van der Waals surface area contributed by atoms with Crippen LogP contribution in [-0.2, 0) is 0 Å². The highest BCUT2D eigenvalue weighted by Crippen LogP contribution is 2.24. The van der Waals surface area contributed by atoms with Gasteiger partial charge < -0.3 is 15.5 Å². The van der Waals surface area contributed by atoms with Crippen molar-refractivity contribution in [1.82, 2.24) is 29.7 Å². The van der Waals surface area contributed by atoms with Gasteiger partial charge in [-0.15, -0.1) is 0 Å². The average molecular weight is 335 g/mol. The van der Waals surface area contributed by atoms with Crippen molar-refractivity contribution in [1.29, 1.82) is 0 Å². The molecule has 0 saturated carbocycles. The Morgan fingerprint density at radius 2 is 2.16 bits per heavy atom. The second kappa shape index (κ2) is 5.71. The van der Waals surface area contributed by atoms with E-state index < -0.39 is 5.91 Å². The first-order chi connectivity index (χ1) is 12.1. The molecule has 124 valence electrons. The van der Waals surface area contributed by atoms with Gasteiger partial charge in [-0.3, -0.25) is 4.79 Å². The average Bonchev–Trinajstić information content (AvgIpc) is 3.28. The summed E-state index contributed by atoms with van der Waals surface area (Å²) in [5.41, 5.74) is 7.94. The Morgan fingerprint density at radius 1 is 1.28 bits per heavy atom. The predicted octanol–water partition coefficient (Wildman–Crippen LogP) is 1.31. The third kappa shape index (κ3) is 2.67. The van der Waals surface area contributed by atoms with Gasteiger partial charge in [-0.25, -0.2) is 14.6 Å². The molecular formula is C16H13N7O2. The fourth-order valence-corrected chi connectivity index (χ4v) is 2.44. The summed E-state index contributed by atoms with van der Waals surface area (Å²) < 4.78 is 6.54. The van der Waals surface area contributed by atoms with Crippen LogP contribution in [0.25, 0.3) is 28.1 Å². The van der Waals surface area contributed by atoms with Gasteiger partial charge in [0.15, 0.2) is 5.82 Å². The van der Waals surface area contributed by atoms with E-state index in [1.807, 2.05) is 12.1 Å². The van der Waals surface area contributed by atoms with Gasteiger partial charge in [-0.1, -0.05) is 0 Å². The normalized spacial score (nSPS) is 10.9. The lowest BCUT2D eigenvalue weighted by Crippen LogP contribution is -2.09. The monoisotopic (exact) mass is 335 g/mol. The van der Waals surface area contributed by atoms with E-state index in [-0.39, 0.29) is 0 Å². The van der Waals surface area contributed by atoms with E-state index in [4.69, 9.17) is 10.5 Å². The van der Waals surface area contributed by atoms with Crippen LogP contribution in [0.15, 0.2) is 43.0 Å². The summed E-state index contributed by atoms with van der Waals surface area (Å²) in [4.78, 5) is 27.1. The Morgan fingerprint density at radius 3 is 2.92 bits per heavy atom. The van der Waals surface area contributed by atoms with Crippen LogP contribution >= 0.6 is 0 Å². The summed E-state index contributed by atoms with van der Waals surface area (Å²) in [6.07, 6.45) is 6.29. The molecular weight excluding hydrogens is 322 g/mol. The zero-order chi connectivity index (χ0) is 17.4. The molecule has 1 amide bonds. The number of carbonyl (C=O) groups is 1. The predicted molar refractivity (Wildman–Crippen MR) is 89.3 cm³/mol. The molecule has 0 bridgehead atoms. The van der Waals surface area contributed by atoms with E-state index in [0.717, 1.165) is 16.6 Å². The smallest absolute Gasteiger partial charge is 0.316 e. The molecule has 9 heteroatoms. The number of pyridine rings is 1. The number of fused-ring (bicyclic) bond motifs is 1. The number of nitrogens with one attached hydrogen (secondary N) is 1. The number of rotatable bonds is 4. The Balaban J connectivity index is 1.74. The minimum Gasteiger partial charge on any atom is -0.467 e. The minimum atomic E-state index is -0.535. The largest absolute Gasteiger partial charge is 0.467 e. The number of nitrogens with two attached hydrogens (primary N) is 1. The van der Waals surface area contributed by atoms with E-state index in [0.29, 0.717) is 23.1 Å². The van der Waals surface area contributed by atoms with E-state index in [2.05, 4.69) is 25.0 Å². The van der Waals surface area contributed by atoms with E-state index in [9.17, 15) is 4.79 Å². The number of nitrogens with zero attached hydrogens (tertiary/aromatic N) is 5. The Labute approximate surface area is 141 Å². The van der Waals surface area contributed by atoms with Crippen LogP contribution < -0.4 is 10.5 Å². The van der Waals surface area contributed by atoms with Gasteiger partial charge >= 0.3 is 6.01 Å². The maximum Gasteiger partial charge on any atom is 0.316 e. The van der Waals surface area contributed by atoms with E-state index >= 15 is 0 Å². The number of primary amides is 1. The first-order valence-corrected chi connectivity index (χ1v) is 7.35. The highest BCUT2D eigenvalue weighted by atomic mass is 16.5. The molecule has 0 aliphatic carbocycles. The molecule has 4 rings (SSSR count). The lowest BCUT2D eigenvalue weighted by molar-refractivity contribution is 0.100. The lowest BCUT2D eigenvalue weighted by Gasteiger charge is -2.00. The fraction of sp³-hybridized carbons (Fsp3) is 0.0625. The molecule has 0 saturated heterocycles. The van der Waals surface area contributed by atoms with E-state index in [1.165, 1.54) is 24.2 Å². The van der Waals surface area contributed by atoms with Crippen LogP contribution in [0.5, 0.6) is 6.01 Å². The van der Waals surface area contributed by atoms with Crippen LogP contribution in [0.3, 0.4) is 0 Å². The van der Waals surface area contributed by atoms with Crippen molar-refractivity contribution in [2.24, 2.45) is 5.73 Å². The maximum absolute atomic E-state index is 11.2. The lowest BCUT2D eigenvalue weighted by atomic mass is 10.2. The zero-order valence-electron chi connectivity index (χ0n) is 13.2. The van der Waals surface area contributed by atoms with Crippen molar-refractivity contribution >= 4 is 16.8 Å². The van der Waals surface area contributed by atoms with Crippen molar-refractivity contribution in [3.8, 4) is 23.2 Å². The summed E-state index contributed by atoms with van der Waals surface area (Å²) in [6, 6.07) is 5.85. The SMILES string of the molecule is COc1nccc(-c2cc3cnc(-n4cc(C(N)=O)cn4)cc3[nH]2)n1. The van der Waals surface area contributed by atoms with Crippen molar-refractivity contribution < 1.29 is 9.53 Å². The topological polar surface area (TPSA) is 125 Å².